The molecule has 0 saturated carbocycles. The van der Waals surface area contributed by atoms with Gasteiger partial charge in [0.05, 0.1) is 11.5 Å². The number of benzene rings is 1. The van der Waals surface area contributed by atoms with Crippen molar-refractivity contribution in [1.82, 2.24) is 13.9 Å². The van der Waals surface area contributed by atoms with Crippen LogP contribution in [0.1, 0.15) is 25.3 Å². The van der Waals surface area contributed by atoms with Gasteiger partial charge in [-0.25, -0.2) is 13.4 Å². The highest BCUT2D eigenvalue weighted by Gasteiger charge is 2.35. The second-order valence-electron chi connectivity index (χ2n) is 7.35. The van der Waals surface area contributed by atoms with Crippen LogP contribution < -0.4 is 4.74 Å². The van der Waals surface area contributed by atoms with Crippen molar-refractivity contribution in [2.45, 2.75) is 42.3 Å². The van der Waals surface area contributed by atoms with E-state index in [2.05, 4.69) is 4.98 Å². The van der Waals surface area contributed by atoms with Crippen molar-refractivity contribution in [2.24, 2.45) is 13.0 Å². The van der Waals surface area contributed by atoms with Crippen molar-refractivity contribution in [3.8, 4) is 5.75 Å². The molecule has 3 heterocycles. The molecule has 1 aromatic heterocycles. The van der Waals surface area contributed by atoms with Crippen LogP contribution >= 0.6 is 11.8 Å². The van der Waals surface area contributed by atoms with E-state index < -0.39 is 10.0 Å². The predicted molar refractivity (Wildman–Crippen MR) is 106 cm³/mol. The summed E-state index contributed by atoms with van der Waals surface area (Å²) < 4.78 is 35.5. The molecule has 2 aliphatic rings. The zero-order valence-electron chi connectivity index (χ0n) is 15.7. The van der Waals surface area contributed by atoms with E-state index in [4.69, 9.17) is 4.74 Å². The normalized spacial score (nSPS) is 23.2. The van der Waals surface area contributed by atoms with Crippen molar-refractivity contribution in [1.29, 1.82) is 0 Å². The number of hydrogen-bond acceptors (Lipinski definition) is 5. The Morgan fingerprint density at radius 1 is 1.37 bits per heavy atom. The number of aromatic nitrogens is 2. The molecular weight excluding hydrogens is 382 g/mol. The van der Waals surface area contributed by atoms with Crippen LogP contribution in [0.5, 0.6) is 5.75 Å². The summed E-state index contributed by atoms with van der Waals surface area (Å²) in [7, 11) is -1.47. The molecule has 1 aromatic carbocycles. The molecule has 0 amide bonds. The molecule has 146 valence electrons. The van der Waals surface area contributed by atoms with Crippen molar-refractivity contribution < 1.29 is 13.2 Å². The Morgan fingerprint density at radius 2 is 2.22 bits per heavy atom. The second-order valence-corrected chi connectivity index (χ2v) is 10.2. The van der Waals surface area contributed by atoms with Crippen LogP contribution in [-0.4, -0.2) is 47.2 Å². The molecule has 2 atom stereocenters. The second kappa shape index (κ2) is 7.48. The molecule has 0 spiro atoms. The first-order valence-corrected chi connectivity index (χ1v) is 11.8. The van der Waals surface area contributed by atoms with E-state index in [0.717, 1.165) is 41.5 Å². The number of nitrogens with zero attached hydrogens (tertiary/aromatic N) is 3. The van der Waals surface area contributed by atoms with Crippen molar-refractivity contribution in [2.75, 3.05) is 18.9 Å². The van der Waals surface area contributed by atoms with Crippen LogP contribution in [0, 0.1) is 5.92 Å². The first-order valence-electron chi connectivity index (χ1n) is 9.33. The van der Waals surface area contributed by atoms with E-state index >= 15 is 0 Å². The summed E-state index contributed by atoms with van der Waals surface area (Å²) in [5, 5.41) is 1.01. The Bertz CT molecular complexity index is 926. The summed E-state index contributed by atoms with van der Waals surface area (Å²) in [5.41, 5.74) is 0.991. The van der Waals surface area contributed by atoms with Crippen LogP contribution in [0.2, 0.25) is 0 Å². The van der Waals surface area contributed by atoms with Crippen LogP contribution in [0.25, 0.3) is 0 Å². The van der Waals surface area contributed by atoms with Gasteiger partial charge in [0.2, 0.25) is 10.0 Å². The number of sulfonamides is 1. The summed E-state index contributed by atoms with van der Waals surface area (Å²) in [6.07, 6.45) is 6.30. The molecule has 4 rings (SSSR count). The smallest absolute Gasteiger partial charge is 0.243 e. The number of thioether (sulfide) groups is 1. The maximum absolute atomic E-state index is 13.2. The molecule has 2 aromatic rings. The standard InChI is InChI=1S/C19H25N3O3S2/c1-14-11-15(13-26-19-20-7-9-21(19)2)5-8-22(14)27(23,24)17-3-4-18-16(12-17)6-10-25-18/h3-4,7,9,12,14-15H,5-6,8,10-11,13H2,1-2H3/t14-,15-/m0/s1. The monoisotopic (exact) mass is 407 g/mol. The maximum Gasteiger partial charge on any atom is 0.243 e. The lowest BCUT2D eigenvalue weighted by Crippen LogP contribution is -2.44. The lowest BCUT2D eigenvalue weighted by atomic mass is 9.95. The van der Waals surface area contributed by atoms with Gasteiger partial charge in [-0.15, -0.1) is 0 Å². The summed E-state index contributed by atoms with van der Waals surface area (Å²) in [6, 6.07) is 5.25. The number of fused-ring (bicyclic) bond motifs is 1. The fourth-order valence-corrected chi connectivity index (χ4v) is 6.69. The van der Waals surface area contributed by atoms with Gasteiger partial charge in [0.1, 0.15) is 5.75 Å². The maximum atomic E-state index is 13.2. The highest BCUT2D eigenvalue weighted by atomic mass is 32.2. The highest BCUT2D eigenvalue weighted by Crippen LogP contribution is 2.34. The summed E-state index contributed by atoms with van der Waals surface area (Å²) in [6.45, 7) is 3.22. The molecule has 0 aliphatic carbocycles. The third kappa shape index (κ3) is 3.75. The lowest BCUT2D eigenvalue weighted by molar-refractivity contribution is 0.222. The van der Waals surface area contributed by atoms with Crippen LogP contribution in [0.15, 0.2) is 40.6 Å². The van der Waals surface area contributed by atoms with E-state index in [9.17, 15) is 8.42 Å². The summed E-state index contributed by atoms with van der Waals surface area (Å²) in [4.78, 5) is 4.74. The fourth-order valence-electron chi connectivity index (χ4n) is 3.90. The highest BCUT2D eigenvalue weighted by molar-refractivity contribution is 7.99. The number of hydrogen-bond donors (Lipinski definition) is 0. The molecule has 27 heavy (non-hydrogen) atoms. The van der Waals surface area contributed by atoms with E-state index in [-0.39, 0.29) is 6.04 Å². The SMILES string of the molecule is C[C@H]1C[C@@H](CSc2nccn2C)CCN1S(=O)(=O)c1ccc2c(c1)CCO2. The summed E-state index contributed by atoms with van der Waals surface area (Å²) >= 11 is 1.75. The Kier molecular flexibility index (Phi) is 5.22. The Labute approximate surface area is 165 Å². The molecule has 6 nitrogen and oxygen atoms in total. The number of rotatable bonds is 5. The first-order chi connectivity index (χ1) is 12.9. The number of aryl methyl sites for hydroxylation is 1. The molecule has 0 unspecified atom stereocenters. The van der Waals surface area contributed by atoms with Gasteiger partial charge in [0.15, 0.2) is 5.16 Å². The van der Waals surface area contributed by atoms with Gasteiger partial charge in [-0.3, -0.25) is 0 Å². The molecule has 0 bridgehead atoms. The van der Waals surface area contributed by atoms with Gasteiger partial charge < -0.3 is 9.30 Å². The van der Waals surface area contributed by atoms with Crippen LogP contribution in [0.3, 0.4) is 0 Å². The molecule has 8 heteroatoms. The van der Waals surface area contributed by atoms with Crippen LogP contribution in [-0.2, 0) is 23.5 Å². The minimum absolute atomic E-state index is 0.000209. The molecule has 2 aliphatic heterocycles. The van der Waals surface area contributed by atoms with E-state index in [0.29, 0.717) is 24.0 Å². The van der Waals surface area contributed by atoms with Gasteiger partial charge in [0.25, 0.3) is 0 Å². The Hall–Kier alpha value is -1.51. The largest absolute Gasteiger partial charge is 0.493 e. The minimum atomic E-state index is -3.47. The van der Waals surface area contributed by atoms with Gasteiger partial charge in [-0.05, 0) is 49.4 Å². The van der Waals surface area contributed by atoms with Crippen LogP contribution in [0.4, 0.5) is 0 Å². The molecule has 0 N–H and O–H groups in total. The zero-order chi connectivity index (χ0) is 19.0. The van der Waals surface area contributed by atoms with Crippen molar-refractivity contribution in [3.05, 3.63) is 36.2 Å². The third-order valence-electron chi connectivity index (χ3n) is 5.42. The number of imidazole rings is 1. The Morgan fingerprint density at radius 3 is 2.96 bits per heavy atom. The minimum Gasteiger partial charge on any atom is -0.493 e. The van der Waals surface area contributed by atoms with Crippen molar-refractivity contribution in [3.63, 3.8) is 0 Å². The van der Waals surface area contributed by atoms with Gasteiger partial charge in [-0.2, -0.15) is 4.31 Å². The van der Waals surface area contributed by atoms with E-state index in [1.54, 1.807) is 34.3 Å². The fraction of sp³-hybridized carbons (Fsp3) is 0.526. The third-order valence-corrected chi connectivity index (χ3v) is 8.72. The Balaban J connectivity index is 1.42. The first kappa shape index (κ1) is 18.8. The predicted octanol–water partition coefficient (Wildman–Crippen LogP) is 2.94. The lowest BCUT2D eigenvalue weighted by Gasteiger charge is -2.36. The number of ether oxygens (including phenoxy) is 1. The topological polar surface area (TPSA) is 64.4 Å². The van der Waals surface area contributed by atoms with E-state index in [1.165, 1.54) is 0 Å². The average Bonchev–Trinajstić information content (AvgIpc) is 3.27. The summed E-state index contributed by atoms with van der Waals surface area (Å²) in [5.74, 6) is 2.28. The van der Waals surface area contributed by atoms with E-state index in [1.807, 2.05) is 30.9 Å². The van der Waals surface area contributed by atoms with Gasteiger partial charge in [-0.1, -0.05) is 11.8 Å². The van der Waals surface area contributed by atoms with Gasteiger partial charge in [0, 0.05) is 44.2 Å². The molecule has 1 fully saturated rings. The quantitative estimate of drug-likeness (QED) is 0.713. The van der Waals surface area contributed by atoms with Crippen molar-refractivity contribution >= 4 is 21.8 Å². The zero-order valence-corrected chi connectivity index (χ0v) is 17.3. The molecule has 1 saturated heterocycles. The number of piperidine rings is 1. The molecular formula is C19H25N3O3S2. The molecule has 0 radical (unpaired) electrons. The van der Waals surface area contributed by atoms with Gasteiger partial charge >= 0.3 is 0 Å². The average molecular weight is 408 g/mol.